The van der Waals surface area contributed by atoms with Crippen LogP contribution in [0.3, 0.4) is 0 Å². The van der Waals surface area contributed by atoms with Gasteiger partial charge in [-0.1, -0.05) is 31.4 Å². The van der Waals surface area contributed by atoms with Crippen LogP contribution in [0.5, 0.6) is 0 Å². The molecular weight excluding hydrogens is 312 g/mol. The molecule has 1 heterocycles. The van der Waals surface area contributed by atoms with E-state index in [2.05, 4.69) is 27.5 Å². The number of aromatic nitrogens is 2. The lowest BCUT2D eigenvalue weighted by Crippen LogP contribution is -2.14. The van der Waals surface area contributed by atoms with E-state index in [0.29, 0.717) is 16.5 Å². The van der Waals surface area contributed by atoms with E-state index < -0.39 is 0 Å². The first-order valence-electron chi connectivity index (χ1n) is 7.73. The van der Waals surface area contributed by atoms with Crippen molar-refractivity contribution in [1.82, 2.24) is 9.97 Å². The van der Waals surface area contributed by atoms with Gasteiger partial charge in [-0.2, -0.15) is 0 Å². The van der Waals surface area contributed by atoms with Crippen LogP contribution in [0.25, 0.3) is 0 Å². The van der Waals surface area contributed by atoms with E-state index in [9.17, 15) is 4.79 Å². The van der Waals surface area contributed by atoms with Crippen molar-refractivity contribution in [2.45, 2.75) is 33.1 Å². The molecule has 122 valence electrons. The maximum absolute atomic E-state index is 12.2. The molecule has 5 nitrogen and oxygen atoms in total. The lowest BCUT2D eigenvalue weighted by atomic mass is 10.2. The van der Waals surface area contributed by atoms with Crippen molar-refractivity contribution < 1.29 is 4.79 Å². The number of hydrogen-bond donors (Lipinski definition) is 2. The average Bonchev–Trinajstić information content (AvgIpc) is 2.55. The number of halogens is 1. The molecule has 2 N–H and O–H groups in total. The van der Waals surface area contributed by atoms with E-state index in [4.69, 9.17) is 11.6 Å². The fourth-order valence-electron chi connectivity index (χ4n) is 2.07. The van der Waals surface area contributed by atoms with Crippen molar-refractivity contribution in [2.75, 3.05) is 17.2 Å². The molecule has 2 rings (SSSR count). The van der Waals surface area contributed by atoms with E-state index in [-0.39, 0.29) is 5.91 Å². The van der Waals surface area contributed by atoms with Crippen LogP contribution in [0.1, 0.15) is 42.1 Å². The Morgan fingerprint density at radius 3 is 2.61 bits per heavy atom. The third kappa shape index (κ3) is 5.21. The average molecular weight is 333 g/mol. The normalized spacial score (nSPS) is 10.4. The van der Waals surface area contributed by atoms with E-state index in [1.54, 1.807) is 18.2 Å². The summed E-state index contributed by atoms with van der Waals surface area (Å²) in [6.07, 6.45) is 6.48. The first-order chi connectivity index (χ1) is 11.1. The molecule has 0 spiro atoms. The van der Waals surface area contributed by atoms with Crippen LogP contribution in [0.2, 0.25) is 5.02 Å². The highest BCUT2D eigenvalue weighted by Crippen LogP contribution is 2.20. The molecule has 2 aromatic rings. The van der Waals surface area contributed by atoms with Crippen molar-refractivity contribution in [3.63, 3.8) is 0 Å². The Kier molecular flexibility index (Phi) is 6.35. The predicted octanol–water partition coefficient (Wildman–Crippen LogP) is 4.29. The molecule has 0 saturated heterocycles. The monoisotopic (exact) mass is 332 g/mol. The van der Waals surface area contributed by atoms with Gasteiger partial charge in [0.25, 0.3) is 5.91 Å². The zero-order chi connectivity index (χ0) is 16.7. The zero-order valence-corrected chi connectivity index (χ0v) is 14.2. The fourth-order valence-corrected chi connectivity index (χ4v) is 2.30. The first kappa shape index (κ1) is 17.2. The molecule has 0 aliphatic heterocycles. The molecule has 6 heteroatoms. The van der Waals surface area contributed by atoms with Gasteiger partial charge < -0.3 is 10.6 Å². The molecule has 0 unspecified atom stereocenters. The number of carbonyl (C=O) groups excluding carboxylic acids is 1. The molecule has 1 amide bonds. The Labute approximate surface area is 141 Å². The Bertz CT molecular complexity index is 658. The van der Waals surface area contributed by atoms with Crippen molar-refractivity contribution in [3.8, 4) is 0 Å². The summed E-state index contributed by atoms with van der Waals surface area (Å²) in [4.78, 5) is 20.6. The van der Waals surface area contributed by atoms with Crippen molar-refractivity contribution >= 4 is 29.1 Å². The molecule has 0 fully saturated rings. The van der Waals surface area contributed by atoms with Gasteiger partial charge in [-0.25, -0.2) is 9.97 Å². The first-order valence-corrected chi connectivity index (χ1v) is 8.11. The van der Waals surface area contributed by atoms with E-state index >= 15 is 0 Å². The summed E-state index contributed by atoms with van der Waals surface area (Å²) >= 11 is 5.91. The number of hydrogen-bond acceptors (Lipinski definition) is 4. The van der Waals surface area contributed by atoms with E-state index in [0.717, 1.165) is 24.2 Å². The smallest absolute Gasteiger partial charge is 0.258 e. The molecule has 0 aliphatic rings. The van der Waals surface area contributed by atoms with Crippen molar-refractivity contribution in [2.24, 2.45) is 0 Å². The summed E-state index contributed by atoms with van der Waals surface area (Å²) < 4.78 is 0. The minimum Gasteiger partial charge on any atom is -0.354 e. The van der Waals surface area contributed by atoms with Gasteiger partial charge in [0.05, 0.1) is 5.56 Å². The van der Waals surface area contributed by atoms with Crippen LogP contribution >= 0.6 is 11.6 Å². The quantitative estimate of drug-likeness (QED) is 0.742. The Morgan fingerprint density at radius 1 is 1.22 bits per heavy atom. The third-order valence-corrected chi connectivity index (χ3v) is 3.65. The minimum absolute atomic E-state index is 0.243. The van der Waals surface area contributed by atoms with E-state index in [1.165, 1.54) is 25.2 Å². The number of benzene rings is 1. The number of anilines is 2. The van der Waals surface area contributed by atoms with Gasteiger partial charge in [0.2, 0.25) is 5.95 Å². The summed E-state index contributed by atoms with van der Waals surface area (Å²) in [5.41, 5.74) is 2.04. The molecule has 0 atom stereocenters. The standard InChI is InChI=1S/C17H21ClN4O/c1-3-4-5-8-19-17-20-10-13(11-21-17)16(23)22-15-7-6-14(18)9-12(15)2/h6-7,9-11H,3-5,8H2,1-2H3,(H,22,23)(H,19,20,21). The molecule has 23 heavy (non-hydrogen) atoms. The van der Waals surface area contributed by atoms with Crippen LogP contribution in [-0.4, -0.2) is 22.4 Å². The number of aryl methyl sites for hydroxylation is 1. The minimum atomic E-state index is -0.243. The number of nitrogens with zero attached hydrogens (tertiary/aromatic N) is 2. The number of carbonyl (C=O) groups is 1. The number of nitrogens with one attached hydrogen (secondary N) is 2. The topological polar surface area (TPSA) is 66.9 Å². The number of rotatable bonds is 7. The summed E-state index contributed by atoms with van der Waals surface area (Å²) in [6.45, 7) is 4.89. The summed E-state index contributed by atoms with van der Waals surface area (Å²) in [5, 5.41) is 6.62. The molecule has 0 aliphatic carbocycles. The lowest BCUT2D eigenvalue weighted by Gasteiger charge is -2.09. The van der Waals surface area contributed by atoms with Crippen molar-refractivity contribution in [1.29, 1.82) is 0 Å². The second kappa shape index (κ2) is 8.48. The zero-order valence-electron chi connectivity index (χ0n) is 13.4. The third-order valence-electron chi connectivity index (χ3n) is 3.41. The van der Waals surface area contributed by atoms with Crippen LogP contribution < -0.4 is 10.6 Å². The largest absolute Gasteiger partial charge is 0.354 e. The highest BCUT2D eigenvalue weighted by Gasteiger charge is 2.09. The van der Waals surface area contributed by atoms with Gasteiger partial charge in [0, 0.05) is 29.6 Å². The molecule has 1 aromatic carbocycles. The van der Waals surface area contributed by atoms with Gasteiger partial charge in [0.15, 0.2) is 0 Å². The van der Waals surface area contributed by atoms with Gasteiger partial charge in [-0.15, -0.1) is 0 Å². The number of amides is 1. The maximum Gasteiger partial charge on any atom is 0.258 e. The highest BCUT2D eigenvalue weighted by atomic mass is 35.5. The van der Waals surface area contributed by atoms with Gasteiger partial charge in [0.1, 0.15) is 0 Å². The summed E-state index contributed by atoms with van der Waals surface area (Å²) in [5.74, 6) is 0.299. The van der Waals surface area contributed by atoms with Crippen LogP contribution in [0, 0.1) is 6.92 Å². The van der Waals surface area contributed by atoms with Crippen molar-refractivity contribution in [3.05, 3.63) is 46.7 Å². The molecule has 0 radical (unpaired) electrons. The highest BCUT2D eigenvalue weighted by molar-refractivity contribution is 6.30. The molecule has 0 saturated carbocycles. The molecular formula is C17H21ClN4O. The van der Waals surface area contributed by atoms with Gasteiger partial charge in [-0.05, 0) is 37.1 Å². The SMILES string of the molecule is CCCCCNc1ncc(C(=O)Nc2ccc(Cl)cc2C)cn1. The van der Waals surface area contributed by atoms with Crippen LogP contribution in [0.15, 0.2) is 30.6 Å². The van der Waals surface area contributed by atoms with E-state index in [1.807, 2.05) is 6.92 Å². The van der Waals surface area contributed by atoms with Crippen LogP contribution in [0.4, 0.5) is 11.6 Å². The van der Waals surface area contributed by atoms with Gasteiger partial charge >= 0.3 is 0 Å². The van der Waals surface area contributed by atoms with Gasteiger partial charge in [-0.3, -0.25) is 4.79 Å². The lowest BCUT2D eigenvalue weighted by molar-refractivity contribution is 0.102. The Morgan fingerprint density at radius 2 is 1.96 bits per heavy atom. The second-order valence-electron chi connectivity index (χ2n) is 5.34. The molecule has 1 aromatic heterocycles. The Hall–Kier alpha value is -2.14. The number of unbranched alkanes of at least 4 members (excludes halogenated alkanes) is 2. The second-order valence-corrected chi connectivity index (χ2v) is 5.78. The summed E-state index contributed by atoms with van der Waals surface area (Å²) in [7, 11) is 0. The molecule has 0 bridgehead atoms. The summed E-state index contributed by atoms with van der Waals surface area (Å²) in [6, 6.07) is 5.32. The fraction of sp³-hybridized carbons (Fsp3) is 0.353. The van der Waals surface area contributed by atoms with Crippen LogP contribution in [-0.2, 0) is 0 Å². The predicted molar refractivity (Wildman–Crippen MR) is 94.2 cm³/mol. The maximum atomic E-state index is 12.2. The Balaban J connectivity index is 1.94.